The quantitative estimate of drug-likeness (QED) is 0.798. The summed E-state index contributed by atoms with van der Waals surface area (Å²) in [4.78, 5) is 2.50. The van der Waals surface area contributed by atoms with Crippen molar-refractivity contribution in [3.63, 3.8) is 0 Å². The molecule has 0 bridgehead atoms. The molecular weight excluding hydrogens is 321 g/mol. The molecule has 2 nitrogen and oxygen atoms in total. The second-order valence-corrected chi connectivity index (χ2v) is 5.55. The lowest BCUT2D eigenvalue weighted by Gasteiger charge is -2.32. The third-order valence-corrected chi connectivity index (χ3v) is 4.03. The Hall–Kier alpha value is -0.450. The van der Waals surface area contributed by atoms with E-state index in [9.17, 15) is 4.39 Å². The van der Waals surface area contributed by atoms with Crippen LogP contribution in [-0.2, 0) is 6.42 Å². The van der Waals surface area contributed by atoms with Gasteiger partial charge in [-0.25, -0.2) is 4.39 Å². The first-order valence-corrected chi connectivity index (χ1v) is 7.35. The van der Waals surface area contributed by atoms with Crippen LogP contribution in [0.2, 0.25) is 0 Å². The Morgan fingerprint density at radius 1 is 1.10 bits per heavy atom. The number of aliphatic hydroxyl groups is 1. The van der Waals surface area contributed by atoms with Gasteiger partial charge in [0, 0.05) is 6.61 Å². The number of nitrogens with zero attached hydrogens (tertiary/aromatic N) is 1. The molecule has 4 heteroatoms. The second-order valence-electron chi connectivity index (χ2n) is 5.55. The Labute approximate surface area is 131 Å². The highest BCUT2D eigenvalue weighted by Crippen LogP contribution is 2.22. The van der Waals surface area contributed by atoms with Gasteiger partial charge in [-0.15, -0.1) is 17.0 Å². The van der Waals surface area contributed by atoms with Crippen molar-refractivity contribution in [2.24, 2.45) is 5.92 Å². The minimum atomic E-state index is -0.151. The van der Waals surface area contributed by atoms with E-state index in [1.165, 1.54) is 18.4 Å². The molecule has 0 saturated carbocycles. The summed E-state index contributed by atoms with van der Waals surface area (Å²) < 4.78 is 12.8. The minimum absolute atomic E-state index is 0. The van der Waals surface area contributed by atoms with Gasteiger partial charge in [-0.05, 0) is 75.4 Å². The molecule has 0 atom stereocenters. The fourth-order valence-electron chi connectivity index (χ4n) is 2.82. The average molecular weight is 346 g/mol. The zero-order chi connectivity index (χ0) is 13.5. The molecule has 1 aliphatic rings. The summed E-state index contributed by atoms with van der Waals surface area (Å²) in [5.74, 6) is 0.585. The second kappa shape index (κ2) is 9.48. The van der Waals surface area contributed by atoms with Gasteiger partial charge in [0.1, 0.15) is 5.82 Å². The van der Waals surface area contributed by atoms with Crippen LogP contribution in [0.3, 0.4) is 0 Å². The molecule has 1 fully saturated rings. The Bertz CT molecular complexity index is 363. The standard InChI is InChI=1S/C16H24FNO.BrH/c17-16-5-3-14(4-6-16)13-15-7-10-18(11-8-15)9-1-2-12-19;/h3-6,15,19H,1-2,7-13H2;1H. The Morgan fingerprint density at radius 3 is 2.35 bits per heavy atom. The van der Waals surface area contributed by atoms with Crippen LogP contribution in [0.25, 0.3) is 0 Å². The molecule has 0 aliphatic carbocycles. The molecule has 0 amide bonds. The van der Waals surface area contributed by atoms with Crippen molar-refractivity contribution < 1.29 is 9.50 Å². The van der Waals surface area contributed by atoms with Gasteiger partial charge in [0.05, 0.1) is 0 Å². The topological polar surface area (TPSA) is 23.5 Å². The van der Waals surface area contributed by atoms with E-state index in [2.05, 4.69) is 4.90 Å². The number of aliphatic hydroxyl groups excluding tert-OH is 1. The van der Waals surface area contributed by atoms with E-state index in [1.54, 1.807) is 12.1 Å². The lowest BCUT2D eigenvalue weighted by Crippen LogP contribution is -2.35. The summed E-state index contributed by atoms with van der Waals surface area (Å²) >= 11 is 0. The summed E-state index contributed by atoms with van der Waals surface area (Å²) in [5, 5.41) is 8.78. The van der Waals surface area contributed by atoms with Gasteiger partial charge < -0.3 is 10.0 Å². The normalized spacial score (nSPS) is 16.9. The molecule has 0 unspecified atom stereocenters. The van der Waals surface area contributed by atoms with E-state index in [1.807, 2.05) is 12.1 Å². The third-order valence-electron chi connectivity index (χ3n) is 4.03. The molecule has 1 aliphatic heterocycles. The zero-order valence-electron chi connectivity index (χ0n) is 11.9. The fraction of sp³-hybridized carbons (Fsp3) is 0.625. The zero-order valence-corrected chi connectivity index (χ0v) is 13.6. The van der Waals surface area contributed by atoms with Gasteiger partial charge in [-0.2, -0.15) is 0 Å². The first-order chi connectivity index (χ1) is 9.28. The summed E-state index contributed by atoms with van der Waals surface area (Å²) in [6.07, 6.45) is 5.55. The van der Waals surface area contributed by atoms with Gasteiger partial charge in [0.25, 0.3) is 0 Å². The van der Waals surface area contributed by atoms with Crippen LogP contribution in [0.4, 0.5) is 4.39 Å². The van der Waals surface area contributed by atoms with Crippen molar-refractivity contribution >= 4 is 17.0 Å². The Balaban J connectivity index is 0.00000200. The van der Waals surface area contributed by atoms with E-state index in [0.29, 0.717) is 6.61 Å². The molecule has 1 aromatic carbocycles. The van der Waals surface area contributed by atoms with E-state index in [4.69, 9.17) is 5.11 Å². The number of hydrogen-bond donors (Lipinski definition) is 1. The maximum absolute atomic E-state index is 12.8. The smallest absolute Gasteiger partial charge is 0.123 e. The highest BCUT2D eigenvalue weighted by atomic mass is 79.9. The molecule has 0 aromatic heterocycles. The molecular formula is C16H25BrFNO. The lowest BCUT2D eigenvalue weighted by molar-refractivity contribution is 0.175. The van der Waals surface area contributed by atoms with Crippen LogP contribution in [0.15, 0.2) is 24.3 Å². The van der Waals surface area contributed by atoms with Crippen molar-refractivity contribution in [1.29, 1.82) is 0 Å². The van der Waals surface area contributed by atoms with E-state index < -0.39 is 0 Å². The maximum atomic E-state index is 12.8. The molecule has 0 spiro atoms. The Morgan fingerprint density at radius 2 is 1.75 bits per heavy atom. The summed E-state index contributed by atoms with van der Waals surface area (Å²) in [7, 11) is 0. The van der Waals surface area contributed by atoms with Gasteiger partial charge in [-0.1, -0.05) is 12.1 Å². The molecule has 1 N–H and O–H groups in total. The van der Waals surface area contributed by atoms with Crippen LogP contribution in [0, 0.1) is 11.7 Å². The first-order valence-electron chi connectivity index (χ1n) is 7.35. The number of unbranched alkanes of at least 4 members (excludes halogenated alkanes) is 1. The van der Waals surface area contributed by atoms with Crippen molar-refractivity contribution in [2.75, 3.05) is 26.2 Å². The highest BCUT2D eigenvalue weighted by Gasteiger charge is 2.18. The molecule has 2 rings (SSSR count). The largest absolute Gasteiger partial charge is 0.396 e. The van der Waals surface area contributed by atoms with Crippen molar-refractivity contribution in [1.82, 2.24) is 4.90 Å². The molecule has 1 saturated heterocycles. The van der Waals surface area contributed by atoms with Gasteiger partial charge >= 0.3 is 0 Å². The maximum Gasteiger partial charge on any atom is 0.123 e. The predicted molar refractivity (Wildman–Crippen MR) is 85.9 cm³/mol. The Kier molecular flexibility index (Phi) is 8.34. The third kappa shape index (κ3) is 5.90. The number of piperidine rings is 1. The van der Waals surface area contributed by atoms with E-state index in [0.717, 1.165) is 44.8 Å². The van der Waals surface area contributed by atoms with Crippen LogP contribution in [-0.4, -0.2) is 36.2 Å². The minimum Gasteiger partial charge on any atom is -0.396 e. The molecule has 1 heterocycles. The number of rotatable bonds is 6. The van der Waals surface area contributed by atoms with Crippen LogP contribution >= 0.6 is 17.0 Å². The summed E-state index contributed by atoms with van der Waals surface area (Å²) in [5.41, 5.74) is 1.25. The highest BCUT2D eigenvalue weighted by molar-refractivity contribution is 8.93. The van der Waals surface area contributed by atoms with Crippen LogP contribution < -0.4 is 0 Å². The monoisotopic (exact) mass is 345 g/mol. The number of halogens is 2. The molecule has 0 radical (unpaired) electrons. The number of benzene rings is 1. The van der Waals surface area contributed by atoms with Crippen molar-refractivity contribution in [2.45, 2.75) is 32.1 Å². The molecule has 20 heavy (non-hydrogen) atoms. The van der Waals surface area contributed by atoms with E-state index >= 15 is 0 Å². The summed E-state index contributed by atoms with van der Waals surface area (Å²) in [6.45, 7) is 3.75. The first kappa shape index (κ1) is 17.6. The van der Waals surface area contributed by atoms with E-state index in [-0.39, 0.29) is 22.8 Å². The van der Waals surface area contributed by atoms with Crippen molar-refractivity contribution in [3.8, 4) is 0 Å². The van der Waals surface area contributed by atoms with Crippen molar-refractivity contribution in [3.05, 3.63) is 35.6 Å². The summed E-state index contributed by atoms with van der Waals surface area (Å²) in [6, 6.07) is 6.92. The molecule has 1 aromatic rings. The number of hydrogen-bond acceptors (Lipinski definition) is 2. The van der Waals surface area contributed by atoms with Gasteiger partial charge in [0.2, 0.25) is 0 Å². The lowest BCUT2D eigenvalue weighted by atomic mass is 9.90. The fourth-order valence-corrected chi connectivity index (χ4v) is 2.82. The van der Waals surface area contributed by atoms with Crippen LogP contribution in [0.1, 0.15) is 31.2 Å². The number of likely N-dealkylation sites (tertiary alicyclic amines) is 1. The SMILES string of the molecule is Br.OCCCCN1CCC(Cc2ccc(F)cc2)CC1. The average Bonchev–Trinajstić information content (AvgIpc) is 2.44. The molecule has 114 valence electrons. The van der Waals surface area contributed by atoms with Gasteiger partial charge in [-0.3, -0.25) is 0 Å². The van der Waals surface area contributed by atoms with Gasteiger partial charge in [0.15, 0.2) is 0 Å². The predicted octanol–water partition coefficient (Wildman–Crippen LogP) is 3.43. The van der Waals surface area contributed by atoms with Crippen LogP contribution in [0.5, 0.6) is 0 Å².